The van der Waals surface area contributed by atoms with Crippen molar-refractivity contribution in [2.45, 2.75) is 51.0 Å². The average Bonchev–Trinajstić information content (AvgIpc) is 3.25. The highest BCUT2D eigenvalue weighted by Crippen LogP contribution is 2.33. The molecule has 1 aliphatic heterocycles. The summed E-state index contributed by atoms with van der Waals surface area (Å²) in [5.41, 5.74) is 8.49. The number of hydrogen-bond donors (Lipinski definition) is 1. The largest absolute Gasteiger partial charge is 0.374 e. The van der Waals surface area contributed by atoms with Gasteiger partial charge in [0.05, 0.1) is 11.7 Å². The lowest BCUT2D eigenvalue weighted by Crippen LogP contribution is -2.27. The molecular weight excluding hydrogens is 308 g/mol. The van der Waals surface area contributed by atoms with Crippen molar-refractivity contribution in [3.8, 4) is 0 Å². The van der Waals surface area contributed by atoms with Crippen molar-refractivity contribution in [1.29, 1.82) is 0 Å². The van der Waals surface area contributed by atoms with Crippen LogP contribution in [0.1, 0.15) is 53.9 Å². The van der Waals surface area contributed by atoms with E-state index in [0.29, 0.717) is 11.2 Å². The quantitative estimate of drug-likeness (QED) is 0.928. The third-order valence-corrected chi connectivity index (χ3v) is 5.98. The Morgan fingerprint density at radius 1 is 1.22 bits per heavy atom. The summed E-state index contributed by atoms with van der Waals surface area (Å²) in [5, 5.41) is 9.65. The molecule has 7 heteroatoms. The van der Waals surface area contributed by atoms with Crippen LogP contribution in [0.2, 0.25) is 0 Å². The predicted octanol–water partition coefficient (Wildman–Crippen LogP) is 2.11. The van der Waals surface area contributed by atoms with Crippen LogP contribution in [0.5, 0.6) is 0 Å². The van der Waals surface area contributed by atoms with Gasteiger partial charge < -0.3 is 10.3 Å². The maximum atomic E-state index is 5.67. The van der Waals surface area contributed by atoms with Gasteiger partial charge in [-0.1, -0.05) is 11.3 Å². The first-order valence-electron chi connectivity index (χ1n) is 8.58. The highest BCUT2D eigenvalue weighted by Gasteiger charge is 2.31. The van der Waals surface area contributed by atoms with Crippen LogP contribution < -0.4 is 5.73 Å². The van der Waals surface area contributed by atoms with Crippen molar-refractivity contribution < 1.29 is 0 Å². The summed E-state index contributed by atoms with van der Waals surface area (Å²) < 4.78 is 2.38. The Hall–Kier alpha value is -1.47. The Morgan fingerprint density at radius 3 is 2.87 bits per heavy atom. The van der Waals surface area contributed by atoms with Gasteiger partial charge in [-0.3, -0.25) is 4.90 Å². The second kappa shape index (κ2) is 6.20. The Balaban J connectivity index is 1.50. The van der Waals surface area contributed by atoms with Crippen molar-refractivity contribution >= 4 is 16.5 Å². The van der Waals surface area contributed by atoms with Crippen molar-refractivity contribution in [2.75, 3.05) is 18.8 Å². The molecule has 0 saturated carbocycles. The number of aryl methyl sites for hydroxylation is 1. The third-order valence-electron chi connectivity index (χ3n) is 5.17. The molecule has 4 rings (SSSR count). The van der Waals surface area contributed by atoms with E-state index >= 15 is 0 Å². The second-order valence-corrected chi connectivity index (χ2v) is 7.70. The van der Waals surface area contributed by atoms with Gasteiger partial charge in [0, 0.05) is 25.7 Å². The molecule has 23 heavy (non-hydrogen) atoms. The number of aromatic nitrogens is 4. The zero-order valence-corrected chi connectivity index (χ0v) is 14.5. The Bertz CT molecular complexity index is 691. The van der Waals surface area contributed by atoms with Gasteiger partial charge in [-0.05, 0) is 45.1 Å². The minimum absolute atomic E-state index is 0.455. The van der Waals surface area contributed by atoms with Gasteiger partial charge in [-0.15, -0.1) is 10.2 Å². The maximum Gasteiger partial charge on any atom is 0.203 e. The molecule has 0 aromatic carbocycles. The lowest BCUT2D eigenvalue weighted by Gasteiger charge is -2.23. The monoisotopic (exact) mass is 332 g/mol. The number of fused-ring (bicyclic) bond motifs is 1. The number of anilines is 1. The molecule has 1 atom stereocenters. The predicted molar refractivity (Wildman–Crippen MR) is 91.4 cm³/mol. The number of nitrogens with zero attached hydrogens (tertiary/aromatic N) is 5. The minimum Gasteiger partial charge on any atom is -0.374 e. The van der Waals surface area contributed by atoms with E-state index in [1.165, 1.54) is 60.7 Å². The second-order valence-electron chi connectivity index (χ2n) is 6.61. The van der Waals surface area contributed by atoms with Crippen molar-refractivity contribution in [3.05, 3.63) is 22.2 Å². The molecule has 0 bridgehead atoms. The van der Waals surface area contributed by atoms with Gasteiger partial charge in [0.25, 0.3) is 0 Å². The van der Waals surface area contributed by atoms with Crippen LogP contribution in [-0.4, -0.2) is 37.7 Å². The number of rotatable bonds is 4. The van der Waals surface area contributed by atoms with E-state index in [0.717, 1.165) is 30.9 Å². The van der Waals surface area contributed by atoms with E-state index in [9.17, 15) is 0 Å². The van der Waals surface area contributed by atoms with E-state index in [-0.39, 0.29) is 0 Å². The van der Waals surface area contributed by atoms with Gasteiger partial charge in [0.15, 0.2) is 0 Å². The molecule has 0 amide bonds. The van der Waals surface area contributed by atoms with Gasteiger partial charge >= 0.3 is 0 Å². The van der Waals surface area contributed by atoms with Gasteiger partial charge in [-0.2, -0.15) is 0 Å². The van der Waals surface area contributed by atoms with E-state index in [2.05, 4.69) is 26.7 Å². The van der Waals surface area contributed by atoms with E-state index < -0.39 is 0 Å². The molecule has 2 aromatic rings. The standard InChI is InChI=1S/C16H24N6S/c1-21-12-6-3-2-5-11(12)18-15(21)13-7-4-9-22(13)10-8-14-19-20-16(17)23-14/h13H,2-10H2,1H3,(H2,17,20)/t13-/m0/s1. The molecule has 2 N–H and O–H groups in total. The van der Waals surface area contributed by atoms with Crippen LogP contribution in [-0.2, 0) is 26.3 Å². The molecular formula is C16H24N6S. The number of imidazole rings is 1. The molecule has 2 aromatic heterocycles. The molecule has 0 spiro atoms. The summed E-state index contributed by atoms with van der Waals surface area (Å²) in [6, 6.07) is 0.455. The smallest absolute Gasteiger partial charge is 0.203 e. The molecule has 3 heterocycles. The molecule has 0 radical (unpaired) electrons. The molecule has 6 nitrogen and oxygen atoms in total. The lowest BCUT2D eigenvalue weighted by atomic mass is 10.0. The Labute approximate surface area is 140 Å². The van der Waals surface area contributed by atoms with Crippen LogP contribution in [0.25, 0.3) is 0 Å². The molecule has 1 aliphatic carbocycles. The molecule has 1 saturated heterocycles. The normalized spacial score (nSPS) is 21.7. The van der Waals surface area contributed by atoms with Crippen LogP contribution in [0.4, 0.5) is 5.13 Å². The fourth-order valence-electron chi connectivity index (χ4n) is 4.00. The third kappa shape index (κ3) is 2.87. The Kier molecular flexibility index (Phi) is 4.07. The van der Waals surface area contributed by atoms with E-state index in [1.54, 1.807) is 0 Å². The van der Waals surface area contributed by atoms with Gasteiger partial charge in [0.2, 0.25) is 5.13 Å². The van der Waals surface area contributed by atoms with Crippen LogP contribution in [0.3, 0.4) is 0 Å². The number of nitrogens with two attached hydrogens (primary N) is 1. The topological polar surface area (TPSA) is 72.9 Å². The zero-order chi connectivity index (χ0) is 15.8. The van der Waals surface area contributed by atoms with Crippen molar-refractivity contribution in [2.24, 2.45) is 7.05 Å². The molecule has 0 unspecified atom stereocenters. The van der Waals surface area contributed by atoms with Crippen molar-refractivity contribution in [1.82, 2.24) is 24.6 Å². The van der Waals surface area contributed by atoms with Crippen LogP contribution in [0.15, 0.2) is 0 Å². The van der Waals surface area contributed by atoms with E-state index in [1.807, 2.05) is 0 Å². The summed E-state index contributed by atoms with van der Waals surface area (Å²) in [7, 11) is 2.20. The molecule has 1 fully saturated rings. The highest BCUT2D eigenvalue weighted by molar-refractivity contribution is 7.15. The summed E-state index contributed by atoms with van der Waals surface area (Å²) in [6.07, 6.45) is 8.32. The summed E-state index contributed by atoms with van der Waals surface area (Å²) >= 11 is 1.50. The fraction of sp³-hybridized carbons (Fsp3) is 0.688. The first kappa shape index (κ1) is 15.1. The van der Waals surface area contributed by atoms with Crippen molar-refractivity contribution in [3.63, 3.8) is 0 Å². The lowest BCUT2D eigenvalue weighted by molar-refractivity contribution is 0.247. The summed E-state index contributed by atoms with van der Waals surface area (Å²) in [5.74, 6) is 1.27. The first-order valence-corrected chi connectivity index (χ1v) is 9.40. The Morgan fingerprint density at radius 2 is 2.09 bits per heavy atom. The van der Waals surface area contributed by atoms with Crippen LogP contribution >= 0.6 is 11.3 Å². The SMILES string of the molecule is Cn1c([C@@H]2CCCN2CCc2nnc(N)s2)nc2c1CCCC2. The number of likely N-dealkylation sites (tertiary alicyclic amines) is 1. The molecule has 2 aliphatic rings. The summed E-state index contributed by atoms with van der Waals surface area (Å²) in [6.45, 7) is 2.16. The number of hydrogen-bond acceptors (Lipinski definition) is 6. The zero-order valence-electron chi connectivity index (χ0n) is 13.7. The highest BCUT2D eigenvalue weighted by atomic mass is 32.1. The number of nitrogen functional groups attached to an aromatic ring is 1. The fourth-order valence-corrected chi connectivity index (χ4v) is 4.60. The summed E-state index contributed by atoms with van der Waals surface area (Å²) in [4.78, 5) is 7.58. The van der Waals surface area contributed by atoms with Crippen LogP contribution in [0, 0.1) is 0 Å². The minimum atomic E-state index is 0.455. The first-order chi connectivity index (χ1) is 11.2. The van der Waals surface area contributed by atoms with Gasteiger partial charge in [-0.25, -0.2) is 4.98 Å². The average molecular weight is 332 g/mol. The maximum absolute atomic E-state index is 5.67. The van der Waals surface area contributed by atoms with E-state index in [4.69, 9.17) is 10.7 Å². The van der Waals surface area contributed by atoms with Gasteiger partial charge in [0.1, 0.15) is 10.8 Å². The molecule has 124 valence electrons.